The van der Waals surface area contributed by atoms with Crippen molar-refractivity contribution in [2.24, 2.45) is 0 Å². The second kappa shape index (κ2) is 6.54. The van der Waals surface area contributed by atoms with E-state index in [9.17, 15) is 4.79 Å². The van der Waals surface area contributed by atoms with Gasteiger partial charge in [0.1, 0.15) is 0 Å². The van der Waals surface area contributed by atoms with Gasteiger partial charge in [0.15, 0.2) is 0 Å². The van der Waals surface area contributed by atoms with Crippen LogP contribution in [-0.2, 0) is 11.2 Å². The van der Waals surface area contributed by atoms with Crippen molar-refractivity contribution in [3.05, 3.63) is 38.6 Å². The summed E-state index contributed by atoms with van der Waals surface area (Å²) >= 11 is 6.86. The van der Waals surface area contributed by atoms with Crippen LogP contribution in [-0.4, -0.2) is 17.6 Å². The molecule has 0 saturated carbocycles. The summed E-state index contributed by atoms with van der Waals surface area (Å²) in [6.45, 7) is 3.98. The highest BCUT2D eigenvalue weighted by molar-refractivity contribution is 9.11. The molecule has 20 heavy (non-hydrogen) atoms. The van der Waals surface area contributed by atoms with Gasteiger partial charge in [-0.3, -0.25) is 0 Å². The van der Waals surface area contributed by atoms with Gasteiger partial charge in [-0.1, -0.05) is 22.9 Å². The van der Waals surface area contributed by atoms with Crippen LogP contribution in [0.25, 0.3) is 11.5 Å². The lowest BCUT2D eigenvalue weighted by Gasteiger charge is -2.00. The number of hydrogen-bond acceptors (Lipinski definition) is 4. The number of rotatable bonds is 4. The van der Waals surface area contributed by atoms with Crippen LogP contribution >= 0.6 is 31.9 Å². The van der Waals surface area contributed by atoms with Crippen LogP contribution in [0.5, 0.6) is 0 Å². The maximum atomic E-state index is 11.8. The molecule has 0 aliphatic rings. The third-order valence-electron chi connectivity index (χ3n) is 2.65. The molecule has 0 atom stereocenters. The molecule has 2 aromatic rings. The third-order valence-corrected chi connectivity index (χ3v) is 3.84. The molecule has 1 aromatic heterocycles. The largest absolute Gasteiger partial charge is 0.460 e. The number of halogens is 2. The van der Waals surface area contributed by atoms with E-state index in [0.717, 1.165) is 14.5 Å². The fourth-order valence-electron chi connectivity index (χ4n) is 1.72. The Kier molecular flexibility index (Phi) is 4.99. The zero-order valence-electron chi connectivity index (χ0n) is 11.1. The predicted molar refractivity (Wildman–Crippen MR) is 82.7 cm³/mol. The van der Waals surface area contributed by atoms with Crippen LogP contribution in [0.2, 0.25) is 0 Å². The fraction of sp³-hybridized carbons (Fsp3) is 0.286. The number of esters is 1. The Morgan fingerprint density at radius 3 is 2.75 bits per heavy atom. The molecule has 2 rings (SSSR count). The SMILES string of the molecule is CCOC(=O)c1oc(-c2cc(Br)ccc2Br)nc1CC. The molecule has 0 saturated heterocycles. The minimum Gasteiger partial charge on any atom is -0.460 e. The molecule has 0 aliphatic heterocycles. The van der Waals surface area contributed by atoms with Gasteiger partial charge in [-0.2, -0.15) is 0 Å². The summed E-state index contributed by atoms with van der Waals surface area (Å²) in [7, 11) is 0. The Hall–Kier alpha value is -1.14. The molecule has 0 unspecified atom stereocenters. The molecule has 106 valence electrons. The number of nitrogens with zero attached hydrogens (tertiary/aromatic N) is 1. The van der Waals surface area contributed by atoms with Crippen molar-refractivity contribution in [2.75, 3.05) is 6.61 Å². The van der Waals surface area contributed by atoms with Gasteiger partial charge >= 0.3 is 5.97 Å². The number of carbonyl (C=O) groups is 1. The minimum absolute atomic E-state index is 0.177. The van der Waals surface area contributed by atoms with E-state index in [0.29, 0.717) is 24.6 Å². The summed E-state index contributed by atoms with van der Waals surface area (Å²) in [4.78, 5) is 16.2. The molecule has 0 radical (unpaired) electrons. The lowest BCUT2D eigenvalue weighted by atomic mass is 10.2. The summed E-state index contributed by atoms with van der Waals surface area (Å²) in [5.74, 6) is 0.100. The highest BCUT2D eigenvalue weighted by atomic mass is 79.9. The first-order valence-corrected chi connectivity index (χ1v) is 7.77. The van der Waals surface area contributed by atoms with Gasteiger partial charge in [0.2, 0.25) is 11.7 Å². The van der Waals surface area contributed by atoms with Gasteiger partial charge < -0.3 is 9.15 Å². The van der Waals surface area contributed by atoms with Crippen molar-refractivity contribution in [3.8, 4) is 11.5 Å². The van der Waals surface area contributed by atoms with Crippen molar-refractivity contribution in [2.45, 2.75) is 20.3 Å². The molecule has 0 N–H and O–H groups in total. The molecule has 6 heteroatoms. The summed E-state index contributed by atoms with van der Waals surface area (Å²) in [6.07, 6.45) is 0.600. The van der Waals surface area contributed by atoms with Crippen molar-refractivity contribution in [1.82, 2.24) is 4.98 Å². The van der Waals surface area contributed by atoms with Crippen LogP contribution in [0.15, 0.2) is 31.6 Å². The second-order valence-corrected chi connectivity index (χ2v) is 5.76. The van der Waals surface area contributed by atoms with E-state index in [1.165, 1.54) is 0 Å². The summed E-state index contributed by atoms with van der Waals surface area (Å²) < 4.78 is 12.3. The predicted octanol–water partition coefficient (Wildman–Crippen LogP) is 4.61. The monoisotopic (exact) mass is 401 g/mol. The molecular formula is C14H13Br2NO3. The van der Waals surface area contributed by atoms with Crippen LogP contribution in [0.4, 0.5) is 0 Å². The normalized spacial score (nSPS) is 10.6. The second-order valence-electron chi connectivity index (χ2n) is 3.99. The number of hydrogen-bond donors (Lipinski definition) is 0. The quantitative estimate of drug-likeness (QED) is 0.701. The number of aryl methyl sites for hydroxylation is 1. The molecule has 0 aliphatic carbocycles. The number of aromatic nitrogens is 1. The van der Waals surface area contributed by atoms with E-state index >= 15 is 0 Å². The van der Waals surface area contributed by atoms with Gasteiger partial charge in [-0.05, 0) is 47.5 Å². The van der Waals surface area contributed by atoms with Gasteiger partial charge in [0.25, 0.3) is 0 Å². The first kappa shape index (κ1) is 15.3. The van der Waals surface area contributed by atoms with E-state index < -0.39 is 5.97 Å². The lowest BCUT2D eigenvalue weighted by Crippen LogP contribution is -2.05. The van der Waals surface area contributed by atoms with Gasteiger partial charge in [0.05, 0.1) is 17.9 Å². The molecule has 4 nitrogen and oxygen atoms in total. The van der Waals surface area contributed by atoms with Gasteiger partial charge in [0, 0.05) is 8.95 Å². The highest BCUT2D eigenvalue weighted by Gasteiger charge is 2.22. The van der Waals surface area contributed by atoms with Crippen molar-refractivity contribution < 1.29 is 13.9 Å². The average molecular weight is 403 g/mol. The van der Waals surface area contributed by atoms with Crippen LogP contribution in [0.3, 0.4) is 0 Å². The van der Waals surface area contributed by atoms with Crippen molar-refractivity contribution in [3.63, 3.8) is 0 Å². The van der Waals surface area contributed by atoms with E-state index in [1.807, 2.05) is 25.1 Å². The van der Waals surface area contributed by atoms with Gasteiger partial charge in [-0.25, -0.2) is 9.78 Å². The topological polar surface area (TPSA) is 52.3 Å². The number of carbonyl (C=O) groups excluding carboxylic acids is 1. The number of ether oxygens (including phenoxy) is 1. The first-order chi connectivity index (χ1) is 9.56. The Morgan fingerprint density at radius 1 is 1.35 bits per heavy atom. The zero-order valence-corrected chi connectivity index (χ0v) is 14.2. The highest BCUT2D eigenvalue weighted by Crippen LogP contribution is 2.32. The Balaban J connectivity index is 2.48. The average Bonchev–Trinajstić information content (AvgIpc) is 2.86. The van der Waals surface area contributed by atoms with E-state index in [1.54, 1.807) is 6.92 Å². The molecule has 0 spiro atoms. The Bertz CT molecular complexity index is 637. The number of benzene rings is 1. The number of oxazole rings is 1. The van der Waals surface area contributed by atoms with E-state index in [2.05, 4.69) is 36.8 Å². The third kappa shape index (κ3) is 3.12. The summed E-state index contributed by atoms with van der Waals surface area (Å²) in [6, 6.07) is 5.67. The summed E-state index contributed by atoms with van der Waals surface area (Å²) in [5.41, 5.74) is 1.38. The van der Waals surface area contributed by atoms with Gasteiger partial charge in [-0.15, -0.1) is 0 Å². The molecule has 0 amide bonds. The Labute approximate surface area is 133 Å². The molecular weight excluding hydrogens is 390 g/mol. The minimum atomic E-state index is -0.478. The van der Waals surface area contributed by atoms with E-state index in [4.69, 9.17) is 9.15 Å². The maximum absolute atomic E-state index is 11.8. The smallest absolute Gasteiger partial charge is 0.376 e. The van der Waals surface area contributed by atoms with Crippen LogP contribution in [0.1, 0.15) is 30.1 Å². The standard InChI is InChI=1S/C14H13Br2NO3/c1-3-11-12(14(18)19-4-2)20-13(17-11)9-7-8(15)5-6-10(9)16/h5-7H,3-4H2,1-2H3. The molecule has 1 aromatic carbocycles. The van der Waals surface area contributed by atoms with Crippen LogP contribution in [0, 0.1) is 0 Å². The molecule has 1 heterocycles. The molecule has 0 bridgehead atoms. The summed E-state index contributed by atoms with van der Waals surface area (Å²) in [5, 5.41) is 0. The van der Waals surface area contributed by atoms with E-state index in [-0.39, 0.29) is 5.76 Å². The zero-order chi connectivity index (χ0) is 14.7. The first-order valence-electron chi connectivity index (χ1n) is 6.19. The lowest BCUT2D eigenvalue weighted by molar-refractivity contribution is 0.0489. The molecule has 0 fully saturated rings. The van der Waals surface area contributed by atoms with Crippen LogP contribution < -0.4 is 0 Å². The Morgan fingerprint density at radius 2 is 2.10 bits per heavy atom. The maximum Gasteiger partial charge on any atom is 0.376 e. The fourth-order valence-corrected chi connectivity index (χ4v) is 2.50. The van der Waals surface area contributed by atoms with Crippen molar-refractivity contribution in [1.29, 1.82) is 0 Å². The van der Waals surface area contributed by atoms with Crippen molar-refractivity contribution >= 4 is 37.8 Å².